The first-order chi connectivity index (χ1) is 6.38. The third kappa shape index (κ3) is 1.81. The molecule has 70 valence electrons. The molecule has 0 radical (unpaired) electrons. The molecule has 2 rings (SSSR count). The molecule has 13 heavy (non-hydrogen) atoms. The summed E-state index contributed by atoms with van der Waals surface area (Å²) in [5, 5.41) is 6.26. The average Bonchev–Trinajstić information content (AvgIpc) is 2.20. The molecule has 1 aliphatic heterocycles. The van der Waals surface area contributed by atoms with Crippen molar-refractivity contribution in [3.63, 3.8) is 0 Å². The Morgan fingerprint density at radius 3 is 2.85 bits per heavy atom. The quantitative estimate of drug-likeness (QED) is 0.603. The molecule has 3 heteroatoms. The first kappa shape index (κ1) is 8.52. The zero-order valence-corrected chi connectivity index (χ0v) is 8.03. The third-order valence-corrected chi connectivity index (χ3v) is 2.73. The van der Waals surface area contributed by atoms with Crippen LogP contribution in [0.4, 0.5) is 0 Å². The first-order valence-electron chi connectivity index (χ1n) is 4.99. The lowest BCUT2D eigenvalue weighted by molar-refractivity contribution is 0.250. The molecule has 1 fully saturated rings. The summed E-state index contributed by atoms with van der Waals surface area (Å²) in [6, 6.07) is 0.568. The van der Waals surface area contributed by atoms with E-state index in [0.717, 1.165) is 5.84 Å². The highest BCUT2D eigenvalue weighted by molar-refractivity contribution is 5.83. The highest BCUT2D eigenvalue weighted by Crippen LogP contribution is 2.23. The smallest absolute Gasteiger partial charge is 0.123 e. The Bertz CT molecular complexity index is 268. The van der Waals surface area contributed by atoms with Crippen molar-refractivity contribution >= 4 is 11.7 Å². The van der Waals surface area contributed by atoms with E-state index in [1.165, 1.54) is 32.1 Å². The zero-order chi connectivity index (χ0) is 9.10. The molecule has 1 aliphatic carbocycles. The summed E-state index contributed by atoms with van der Waals surface area (Å²) in [7, 11) is 0. The molecular weight excluding hydrogens is 162 g/mol. The van der Waals surface area contributed by atoms with Crippen LogP contribution in [0.2, 0.25) is 0 Å². The molecule has 0 saturated heterocycles. The van der Waals surface area contributed by atoms with Crippen molar-refractivity contribution in [2.45, 2.75) is 45.1 Å². The maximum Gasteiger partial charge on any atom is 0.123 e. The molecule has 0 spiro atoms. The lowest BCUT2D eigenvalue weighted by Gasteiger charge is -2.31. The molecule has 1 saturated carbocycles. The number of nitrogens with zero attached hydrogens (tertiary/aromatic N) is 3. The monoisotopic (exact) mass is 177 g/mol. The summed E-state index contributed by atoms with van der Waals surface area (Å²) in [6.45, 7) is 2.01. The number of hydrogen-bond donors (Lipinski definition) is 0. The SMILES string of the molecule is CC1=NC=C=NN1C1CCCCC1. The van der Waals surface area contributed by atoms with Crippen molar-refractivity contribution in [3.8, 4) is 0 Å². The maximum absolute atomic E-state index is 4.23. The van der Waals surface area contributed by atoms with E-state index in [2.05, 4.69) is 16.0 Å². The fraction of sp³-hybridized carbons (Fsp3) is 0.700. The summed E-state index contributed by atoms with van der Waals surface area (Å²) >= 11 is 0. The molecule has 0 bridgehead atoms. The van der Waals surface area contributed by atoms with Crippen LogP contribution in [-0.4, -0.2) is 22.8 Å². The molecule has 3 nitrogen and oxygen atoms in total. The van der Waals surface area contributed by atoms with Gasteiger partial charge in [-0.05, 0) is 19.8 Å². The highest BCUT2D eigenvalue weighted by atomic mass is 15.5. The molecule has 2 aliphatic rings. The molecule has 0 aromatic heterocycles. The van der Waals surface area contributed by atoms with Crippen LogP contribution in [0, 0.1) is 0 Å². The maximum atomic E-state index is 4.23. The van der Waals surface area contributed by atoms with Gasteiger partial charge >= 0.3 is 0 Å². The van der Waals surface area contributed by atoms with Crippen LogP contribution in [0.25, 0.3) is 0 Å². The van der Waals surface area contributed by atoms with Crippen LogP contribution in [0.15, 0.2) is 16.3 Å². The van der Waals surface area contributed by atoms with Crippen molar-refractivity contribution in [1.29, 1.82) is 0 Å². The Balaban J connectivity index is 2.07. The second-order valence-corrected chi connectivity index (χ2v) is 3.67. The highest BCUT2D eigenvalue weighted by Gasteiger charge is 2.22. The fourth-order valence-corrected chi connectivity index (χ4v) is 2.01. The van der Waals surface area contributed by atoms with Gasteiger partial charge in [-0.25, -0.2) is 10.0 Å². The molecule has 0 aromatic rings. The van der Waals surface area contributed by atoms with E-state index >= 15 is 0 Å². The van der Waals surface area contributed by atoms with Gasteiger partial charge in [-0.15, -0.1) is 5.10 Å². The molecule has 0 N–H and O–H groups in total. The van der Waals surface area contributed by atoms with E-state index in [4.69, 9.17) is 0 Å². The Labute approximate surface area is 78.8 Å². The Kier molecular flexibility index (Phi) is 2.46. The first-order valence-corrected chi connectivity index (χ1v) is 4.99. The van der Waals surface area contributed by atoms with Crippen LogP contribution in [-0.2, 0) is 0 Å². The second kappa shape index (κ2) is 3.75. The van der Waals surface area contributed by atoms with Crippen LogP contribution >= 0.6 is 0 Å². The van der Waals surface area contributed by atoms with Gasteiger partial charge in [-0.3, -0.25) is 0 Å². The second-order valence-electron chi connectivity index (χ2n) is 3.67. The van der Waals surface area contributed by atoms with E-state index in [-0.39, 0.29) is 0 Å². The lowest BCUT2D eigenvalue weighted by Crippen LogP contribution is -2.36. The molecule has 0 aromatic carbocycles. The van der Waals surface area contributed by atoms with Gasteiger partial charge in [0.15, 0.2) is 0 Å². The number of hydrogen-bond acceptors (Lipinski definition) is 3. The van der Waals surface area contributed by atoms with Gasteiger partial charge in [0, 0.05) is 5.87 Å². The van der Waals surface area contributed by atoms with E-state index in [1.807, 2.05) is 11.9 Å². The molecule has 0 unspecified atom stereocenters. The van der Waals surface area contributed by atoms with Crippen LogP contribution in [0.3, 0.4) is 0 Å². The van der Waals surface area contributed by atoms with E-state index in [1.54, 1.807) is 6.20 Å². The van der Waals surface area contributed by atoms with E-state index in [0.29, 0.717) is 6.04 Å². The fourth-order valence-electron chi connectivity index (χ4n) is 2.01. The van der Waals surface area contributed by atoms with Crippen molar-refractivity contribution in [2.24, 2.45) is 10.1 Å². The van der Waals surface area contributed by atoms with Crippen LogP contribution in [0.1, 0.15) is 39.0 Å². The number of hydrazone groups is 1. The zero-order valence-electron chi connectivity index (χ0n) is 8.03. The summed E-state index contributed by atoms with van der Waals surface area (Å²) in [6.07, 6.45) is 8.16. The molecule has 0 amide bonds. The summed E-state index contributed by atoms with van der Waals surface area (Å²) in [5.74, 6) is 3.81. The third-order valence-electron chi connectivity index (χ3n) is 2.73. The average molecular weight is 177 g/mol. The van der Waals surface area contributed by atoms with Gasteiger partial charge in [-0.1, -0.05) is 19.3 Å². The van der Waals surface area contributed by atoms with Crippen molar-refractivity contribution in [3.05, 3.63) is 6.20 Å². The topological polar surface area (TPSA) is 28.0 Å². The minimum absolute atomic E-state index is 0.568. The van der Waals surface area contributed by atoms with Crippen molar-refractivity contribution in [1.82, 2.24) is 5.01 Å². The Hall–Kier alpha value is -1.08. The number of amidine groups is 1. The minimum Gasteiger partial charge on any atom is -0.241 e. The summed E-state index contributed by atoms with van der Waals surface area (Å²) < 4.78 is 0. The summed E-state index contributed by atoms with van der Waals surface area (Å²) in [5.41, 5.74) is 0. The van der Waals surface area contributed by atoms with Crippen LogP contribution < -0.4 is 0 Å². The minimum atomic E-state index is 0.568. The molecule has 1 heterocycles. The van der Waals surface area contributed by atoms with Gasteiger partial charge in [0.25, 0.3) is 0 Å². The van der Waals surface area contributed by atoms with Crippen molar-refractivity contribution < 1.29 is 0 Å². The number of rotatable bonds is 1. The van der Waals surface area contributed by atoms with Gasteiger partial charge in [-0.2, -0.15) is 0 Å². The van der Waals surface area contributed by atoms with E-state index in [9.17, 15) is 0 Å². The van der Waals surface area contributed by atoms with Gasteiger partial charge in [0.2, 0.25) is 0 Å². The summed E-state index contributed by atoms with van der Waals surface area (Å²) in [4.78, 5) is 4.20. The Morgan fingerprint density at radius 2 is 2.15 bits per heavy atom. The Morgan fingerprint density at radius 1 is 1.38 bits per heavy atom. The predicted molar refractivity (Wildman–Crippen MR) is 53.8 cm³/mol. The standard InChI is InChI=1S/C10H15N3/c1-9-11-7-8-12-13(9)10-5-3-2-4-6-10/h7,10H,2-6H2,1H3. The normalized spacial score (nSPS) is 23.5. The van der Waals surface area contributed by atoms with Gasteiger partial charge < -0.3 is 0 Å². The lowest BCUT2D eigenvalue weighted by atomic mass is 9.95. The van der Waals surface area contributed by atoms with Crippen molar-refractivity contribution in [2.75, 3.05) is 0 Å². The largest absolute Gasteiger partial charge is 0.241 e. The van der Waals surface area contributed by atoms with Gasteiger partial charge in [0.1, 0.15) is 5.84 Å². The molecule has 0 atom stereocenters. The van der Waals surface area contributed by atoms with Crippen LogP contribution in [0.5, 0.6) is 0 Å². The molecular formula is C10H15N3. The number of aliphatic imine (C=N–C) groups is 1. The van der Waals surface area contributed by atoms with E-state index < -0.39 is 0 Å². The predicted octanol–water partition coefficient (Wildman–Crippen LogP) is 2.15. The van der Waals surface area contributed by atoms with Gasteiger partial charge in [0.05, 0.1) is 12.2 Å².